The first kappa shape index (κ1) is 15.6. The van der Waals surface area contributed by atoms with Gasteiger partial charge in [0.05, 0.1) is 0 Å². The first-order valence-electron chi connectivity index (χ1n) is 6.16. The van der Waals surface area contributed by atoms with E-state index in [9.17, 15) is 4.21 Å². The number of hydrogen-bond donors (Lipinski definition) is 2. The van der Waals surface area contributed by atoms with Gasteiger partial charge in [0, 0.05) is 49.5 Å². The summed E-state index contributed by atoms with van der Waals surface area (Å²) >= 11 is 0. The van der Waals surface area contributed by atoms with Gasteiger partial charge in [-0.3, -0.25) is 4.21 Å². The number of rotatable bonds is 7. The Morgan fingerprint density at radius 2 is 1.89 bits per heavy atom. The van der Waals surface area contributed by atoms with E-state index in [0.717, 1.165) is 6.54 Å². The molecule has 7 nitrogen and oxygen atoms in total. The minimum atomic E-state index is -0.852. The van der Waals surface area contributed by atoms with Crippen LogP contribution in [-0.4, -0.2) is 57.9 Å². The van der Waals surface area contributed by atoms with E-state index < -0.39 is 10.8 Å². The van der Waals surface area contributed by atoms with Crippen molar-refractivity contribution in [2.24, 2.45) is 0 Å². The van der Waals surface area contributed by atoms with Gasteiger partial charge in [-0.25, -0.2) is 0 Å². The van der Waals surface area contributed by atoms with Crippen molar-refractivity contribution in [1.82, 2.24) is 15.0 Å². The number of hydrogen-bond acceptors (Lipinski definition) is 7. The van der Waals surface area contributed by atoms with E-state index in [1.54, 1.807) is 6.26 Å². The fourth-order valence-electron chi connectivity index (χ4n) is 1.48. The predicted molar refractivity (Wildman–Crippen MR) is 80.3 cm³/mol. The number of anilines is 3. The maximum atomic E-state index is 11.2. The van der Waals surface area contributed by atoms with Gasteiger partial charge in [-0.1, -0.05) is 0 Å². The van der Waals surface area contributed by atoms with Crippen LogP contribution in [0.4, 0.5) is 17.8 Å². The van der Waals surface area contributed by atoms with Crippen LogP contribution < -0.4 is 15.5 Å². The summed E-state index contributed by atoms with van der Waals surface area (Å²) in [6.45, 7) is 4.67. The molecule has 0 aliphatic rings. The fraction of sp³-hybridized carbons (Fsp3) is 0.727. The predicted octanol–water partition coefficient (Wildman–Crippen LogP) is 0.548. The van der Waals surface area contributed by atoms with Gasteiger partial charge < -0.3 is 15.5 Å². The van der Waals surface area contributed by atoms with E-state index in [2.05, 4.69) is 25.6 Å². The SMILES string of the molecule is CCNc1nc(NC(C)CS(C)=O)nc(N(C)C)n1. The molecule has 0 aromatic carbocycles. The summed E-state index contributed by atoms with van der Waals surface area (Å²) in [5, 5.41) is 6.21. The van der Waals surface area contributed by atoms with Crippen LogP contribution in [0.3, 0.4) is 0 Å². The summed E-state index contributed by atoms with van der Waals surface area (Å²) in [5.74, 6) is 2.17. The molecular weight excluding hydrogens is 264 g/mol. The minimum Gasteiger partial charge on any atom is -0.354 e. The standard InChI is InChI=1S/C11H22N6OS/c1-6-12-9-14-10(13-8(2)7-19(5)18)16-11(15-9)17(3)4/h8H,6-7H2,1-5H3,(H2,12,13,14,15,16). The van der Waals surface area contributed by atoms with Crippen molar-refractivity contribution in [3.8, 4) is 0 Å². The van der Waals surface area contributed by atoms with Crippen molar-refractivity contribution < 1.29 is 4.21 Å². The molecule has 19 heavy (non-hydrogen) atoms. The Bertz CT molecular complexity index is 439. The van der Waals surface area contributed by atoms with Crippen LogP contribution in [0.15, 0.2) is 0 Å². The van der Waals surface area contributed by atoms with Crippen molar-refractivity contribution in [3.05, 3.63) is 0 Å². The zero-order chi connectivity index (χ0) is 14.4. The highest BCUT2D eigenvalue weighted by Gasteiger charge is 2.11. The topological polar surface area (TPSA) is 83.0 Å². The van der Waals surface area contributed by atoms with Gasteiger partial charge in [0.25, 0.3) is 0 Å². The Morgan fingerprint density at radius 3 is 2.42 bits per heavy atom. The quantitative estimate of drug-likeness (QED) is 0.757. The average Bonchev–Trinajstić information content (AvgIpc) is 2.27. The molecule has 108 valence electrons. The first-order valence-corrected chi connectivity index (χ1v) is 7.89. The zero-order valence-corrected chi connectivity index (χ0v) is 12.9. The number of nitrogens with one attached hydrogen (secondary N) is 2. The lowest BCUT2D eigenvalue weighted by molar-refractivity contribution is 0.682. The molecule has 0 saturated heterocycles. The monoisotopic (exact) mass is 286 g/mol. The maximum Gasteiger partial charge on any atom is 0.231 e. The Kier molecular flexibility index (Phi) is 5.94. The van der Waals surface area contributed by atoms with Gasteiger partial charge in [-0.2, -0.15) is 15.0 Å². The summed E-state index contributed by atoms with van der Waals surface area (Å²) in [6, 6.07) is 0.0396. The lowest BCUT2D eigenvalue weighted by atomic mass is 10.4. The van der Waals surface area contributed by atoms with Gasteiger partial charge in [-0.05, 0) is 13.8 Å². The van der Waals surface area contributed by atoms with Crippen molar-refractivity contribution in [3.63, 3.8) is 0 Å². The molecule has 0 aliphatic heterocycles. The van der Waals surface area contributed by atoms with E-state index in [0.29, 0.717) is 23.6 Å². The molecule has 1 aromatic heterocycles. The normalized spacial score (nSPS) is 13.7. The second-order valence-electron chi connectivity index (χ2n) is 4.49. The summed E-state index contributed by atoms with van der Waals surface area (Å²) < 4.78 is 11.2. The lowest BCUT2D eigenvalue weighted by Crippen LogP contribution is -2.25. The largest absolute Gasteiger partial charge is 0.354 e. The Morgan fingerprint density at radius 1 is 1.26 bits per heavy atom. The minimum absolute atomic E-state index is 0.0396. The highest BCUT2D eigenvalue weighted by Crippen LogP contribution is 2.12. The van der Waals surface area contributed by atoms with Gasteiger partial charge in [0.2, 0.25) is 17.8 Å². The summed E-state index contributed by atoms with van der Waals surface area (Å²) in [7, 11) is 2.90. The van der Waals surface area contributed by atoms with Crippen LogP contribution in [0.2, 0.25) is 0 Å². The fourth-order valence-corrected chi connectivity index (χ4v) is 2.27. The molecule has 2 unspecified atom stereocenters. The summed E-state index contributed by atoms with van der Waals surface area (Å²) in [6.07, 6.45) is 1.68. The first-order chi connectivity index (χ1) is 8.92. The molecular formula is C11H22N6OS. The molecule has 0 aliphatic carbocycles. The van der Waals surface area contributed by atoms with E-state index in [4.69, 9.17) is 0 Å². The van der Waals surface area contributed by atoms with Gasteiger partial charge >= 0.3 is 0 Å². The second kappa shape index (κ2) is 7.22. The van der Waals surface area contributed by atoms with E-state index in [1.165, 1.54) is 0 Å². The smallest absolute Gasteiger partial charge is 0.231 e. The molecule has 0 bridgehead atoms. The molecule has 1 heterocycles. The molecule has 1 rings (SSSR count). The summed E-state index contributed by atoms with van der Waals surface area (Å²) in [5.41, 5.74) is 0. The van der Waals surface area contributed by atoms with Crippen molar-refractivity contribution in [2.75, 3.05) is 48.2 Å². The molecule has 0 spiro atoms. The Hall–Kier alpha value is -1.44. The Balaban J connectivity index is 2.89. The zero-order valence-electron chi connectivity index (χ0n) is 12.1. The summed E-state index contributed by atoms with van der Waals surface area (Å²) in [4.78, 5) is 14.7. The second-order valence-corrected chi connectivity index (χ2v) is 5.97. The Labute approximate surface area is 116 Å². The van der Waals surface area contributed by atoms with E-state index in [-0.39, 0.29) is 6.04 Å². The van der Waals surface area contributed by atoms with E-state index >= 15 is 0 Å². The molecule has 8 heteroatoms. The molecule has 0 radical (unpaired) electrons. The van der Waals surface area contributed by atoms with Crippen molar-refractivity contribution in [2.45, 2.75) is 19.9 Å². The van der Waals surface area contributed by atoms with Gasteiger partial charge in [0.15, 0.2) is 0 Å². The van der Waals surface area contributed by atoms with Crippen LogP contribution >= 0.6 is 0 Å². The van der Waals surface area contributed by atoms with Crippen LogP contribution in [0.5, 0.6) is 0 Å². The maximum absolute atomic E-state index is 11.2. The highest BCUT2D eigenvalue weighted by atomic mass is 32.2. The molecule has 0 saturated carbocycles. The molecule has 2 atom stereocenters. The molecule has 2 N–H and O–H groups in total. The number of aromatic nitrogens is 3. The number of nitrogens with zero attached hydrogens (tertiary/aromatic N) is 4. The van der Waals surface area contributed by atoms with Crippen LogP contribution in [0, 0.1) is 0 Å². The third-order valence-corrected chi connectivity index (χ3v) is 3.19. The molecule has 1 aromatic rings. The molecule has 0 amide bonds. The van der Waals surface area contributed by atoms with Crippen molar-refractivity contribution >= 4 is 28.6 Å². The lowest BCUT2D eigenvalue weighted by Gasteiger charge is -2.16. The highest BCUT2D eigenvalue weighted by molar-refractivity contribution is 7.84. The van der Waals surface area contributed by atoms with Gasteiger partial charge in [-0.15, -0.1) is 0 Å². The molecule has 0 fully saturated rings. The average molecular weight is 286 g/mol. The third-order valence-electron chi connectivity index (χ3n) is 2.22. The van der Waals surface area contributed by atoms with Crippen LogP contribution in [0.1, 0.15) is 13.8 Å². The van der Waals surface area contributed by atoms with Crippen LogP contribution in [0.25, 0.3) is 0 Å². The van der Waals surface area contributed by atoms with Crippen LogP contribution in [-0.2, 0) is 10.8 Å². The van der Waals surface area contributed by atoms with Gasteiger partial charge in [0.1, 0.15) is 0 Å². The van der Waals surface area contributed by atoms with E-state index in [1.807, 2.05) is 32.8 Å². The van der Waals surface area contributed by atoms with Crippen molar-refractivity contribution in [1.29, 1.82) is 0 Å². The third kappa shape index (κ3) is 5.37.